The number of carboxylic acids is 1. The predicted molar refractivity (Wildman–Crippen MR) is 56.7 cm³/mol. The van der Waals surface area contributed by atoms with Gasteiger partial charge in [0.25, 0.3) is 0 Å². The summed E-state index contributed by atoms with van der Waals surface area (Å²) in [5.74, 6) is -0.0340. The lowest BCUT2D eigenvalue weighted by atomic mass is 9.68. The van der Waals surface area contributed by atoms with Crippen molar-refractivity contribution >= 4 is 5.97 Å². The van der Waals surface area contributed by atoms with Gasteiger partial charge in [0.1, 0.15) is 0 Å². The molecule has 0 spiro atoms. The maximum atomic E-state index is 11.0. The second-order valence-electron chi connectivity index (χ2n) is 5.03. The molecule has 1 N–H and O–H groups in total. The smallest absolute Gasteiger partial charge is 0.303 e. The number of ether oxygens (including phenoxy) is 1. The van der Waals surface area contributed by atoms with Gasteiger partial charge in [-0.05, 0) is 37.0 Å². The molecule has 0 aromatic rings. The van der Waals surface area contributed by atoms with Crippen molar-refractivity contribution in [1.29, 1.82) is 0 Å². The minimum Gasteiger partial charge on any atom is -0.481 e. The third kappa shape index (κ3) is 2.33. The average Bonchev–Trinajstić information content (AvgIpc) is 2.68. The minimum atomic E-state index is -0.622. The molecule has 0 bridgehead atoms. The lowest BCUT2D eigenvalue weighted by Crippen LogP contribution is -2.34. The Hall–Kier alpha value is -0.570. The first kappa shape index (κ1) is 10.9. The SMILES string of the molecule is O=C(O)CC1(C2CCOCC2)CCCC1. The van der Waals surface area contributed by atoms with E-state index >= 15 is 0 Å². The van der Waals surface area contributed by atoms with Crippen LogP contribution < -0.4 is 0 Å². The van der Waals surface area contributed by atoms with Crippen molar-refractivity contribution in [3.63, 3.8) is 0 Å². The van der Waals surface area contributed by atoms with Gasteiger partial charge in [0.05, 0.1) is 6.42 Å². The molecule has 0 unspecified atom stereocenters. The fourth-order valence-electron chi connectivity index (χ4n) is 3.42. The van der Waals surface area contributed by atoms with E-state index in [0.717, 1.165) is 38.9 Å². The Morgan fingerprint density at radius 3 is 2.40 bits per heavy atom. The van der Waals surface area contributed by atoms with Crippen LogP contribution in [0.25, 0.3) is 0 Å². The van der Waals surface area contributed by atoms with Crippen LogP contribution in [0.2, 0.25) is 0 Å². The number of aliphatic carboxylic acids is 1. The summed E-state index contributed by atoms with van der Waals surface area (Å²) >= 11 is 0. The normalized spacial score (nSPS) is 26.7. The predicted octanol–water partition coefficient (Wildman–Crippen LogP) is 2.45. The standard InChI is InChI=1S/C12H20O3/c13-11(14)9-12(5-1-2-6-12)10-3-7-15-8-4-10/h10H,1-9H2,(H,13,14). The van der Waals surface area contributed by atoms with E-state index in [-0.39, 0.29) is 5.41 Å². The summed E-state index contributed by atoms with van der Waals surface area (Å²) in [5, 5.41) is 9.04. The van der Waals surface area contributed by atoms with E-state index in [1.807, 2.05) is 0 Å². The quantitative estimate of drug-likeness (QED) is 0.781. The highest BCUT2D eigenvalue weighted by Crippen LogP contribution is 2.50. The van der Waals surface area contributed by atoms with Crippen LogP contribution in [-0.2, 0) is 9.53 Å². The molecule has 2 fully saturated rings. The largest absolute Gasteiger partial charge is 0.481 e. The van der Waals surface area contributed by atoms with Crippen LogP contribution in [0.15, 0.2) is 0 Å². The van der Waals surface area contributed by atoms with Gasteiger partial charge >= 0.3 is 5.97 Å². The fraction of sp³-hybridized carbons (Fsp3) is 0.917. The molecule has 3 heteroatoms. The maximum absolute atomic E-state index is 11.0. The molecule has 0 amide bonds. The van der Waals surface area contributed by atoms with Crippen molar-refractivity contribution in [3.8, 4) is 0 Å². The van der Waals surface area contributed by atoms with Gasteiger partial charge in [-0.25, -0.2) is 0 Å². The molecule has 1 aliphatic carbocycles. The van der Waals surface area contributed by atoms with Gasteiger partial charge in [-0.3, -0.25) is 4.79 Å². The van der Waals surface area contributed by atoms with Crippen LogP contribution in [0.1, 0.15) is 44.9 Å². The molecule has 15 heavy (non-hydrogen) atoms. The lowest BCUT2D eigenvalue weighted by molar-refractivity contribution is -0.141. The summed E-state index contributed by atoms with van der Waals surface area (Å²) in [6, 6.07) is 0. The number of carbonyl (C=O) groups is 1. The first-order valence-corrected chi connectivity index (χ1v) is 6.02. The van der Waals surface area contributed by atoms with Crippen molar-refractivity contribution in [3.05, 3.63) is 0 Å². The van der Waals surface area contributed by atoms with E-state index in [9.17, 15) is 4.79 Å². The monoisotopic (exact) mass is 212 g/mol. The summed E-state index contributed by atoms with van der Waals surface area (Å²) in [7, 11) is 0. The summed E-state index contributed by atoms with van der Waals surface area (Å²) in [6.07, 6.45) is 7.15. The van der Waals surface area contributed by atoms with Gasteiger partial charge in [-0.15, -0.1) is 0 Å². The molecule has 0 radical (unpaired) electrons. The maximum Gasteiger partial charge on any atom is 0.303 e. The molecule has 86 valence electrons. The Bertz CT molecular complexity index is 225. The summed E-state index contributed by atoms with van der Waals surface area (Å²) in [6.45, 7) is 1.65. The van der Waals surface area contributed by atoms with Crippen LogP contribution in [0, 0.1) is 11.3 Å². The number of carboxylic acid groups (broad SMARTS) is 1. The fourth-order valence-corrected chi connectivity index (χ4v) is 3.42. The van der Waals surface area contributed by atoms with Gasteiger partial charge in [0.15, 0.2) is 0 Å². The van der Waals surface area contributed by atoms with E-state index in [4.69, 9.17) is 9.84 Å². The van der Waals surface area contributed by atoms with Crippen LogP contribution in [0.3, 0.4) is 0 Å². The van der Waals surface area contributed by atoms with Crippen LogP contribution in [-0.4, -0.2) is 24.3 Å². The molecule has 0 aromatic heterocycles. The summed E-state index contributed by atoms with van der Waals surface area (Å²) in [5.41, 5.74) is 0.107. The molecule has 3 nitrogen and oxygen atoms in total. The average molecular weight is 212 g/mol. The summed E-state index contributed by atoms with van der Waals surface area (Å²) < 4.78 is 5.36. The van der Waals surface area contributed by atoms with E-state index in [1.54, 1.807) is 0 Å². The van der Waals surface area contributed by atoms with Crippen molar-refractivity contribution < 1.29 is 14.6 Å². The molecule has 0 atom stereocenters. The molecule has 0 aromatic carbocycles. The molecule has 2 rings (SSSR count). The van der Waals surface area contributed by atoms with Crippen LogP contribution in [0.4, 0.5) is 0 Å². The molecule has 1 aliphatic heterocycles. The van der Waals surface area contributed by atoms with Crippen molar-refractivity contribution in [2.45, 2.75) is 44.9 Å². The Morgan fingerprint density at radius 2 is 1.87 bits per heavy atom. The molecule has 1 saturated carbocycles. The number of hydrogen-bond acceptors (Lipinski definition) is 2. The minimum absolute atomic E-state index is 0.107. The third-order valence-corrected chi connectivity index (χ3v) is 4.19. The molecular weight excluding hydrogens is 192 g/mol. The summed E-state index contributed by atoms with van der Waals surface area (Å²) in [4.78, 5) is 11.0. The zero-order valence-electron chi connectivity index (χ0n) is 9.21. The Morgan fingerprint density at radius 1 is 1.27 bits per heavy atom. The van der Waals surface area contributed by atoms with Crippen molar-refractivity contribution in [1.82, 2.24) is 0 Å². The van der Waals surface area contributed by atoms with Crippen molar-refractivity contribution in [2.24, 2.45) is 11.3 Å². The second kappa shape index (κ2) is 4.52. The zero-order valence-corrected chi connectivity index (χ0v) is 9.21. The lowest BCUT2D eigenvalue weighted by Gasteiger charge is -2.38. The molecule has 1 saturated heterocycles. The van der Waals surface area contributed by atoms with Crippen LogP contribution in [0.5, 0.6) is 0 Å². The van der Waals surface area contributed by atoms with Gasteiger partial charge < -0.3 is 9.84 Å². The second-order valence-corrected chi connectivity index (χ2v) is 5.03. The highest BCUT2D eigenvalue weighted by molar-refractivity contribution is 5.67. The number of rotatable bonds is 3. The van der Waals surface area contributed by atoms with Crippen LogP contribution >= 0.6 is 0 Å². The third-order valence-electron chi connectivity index (χ3n) is 4.19. The van der Waals surface area contributed by atoms with Gasteiger partial charge in [0.2, 0.25) is 0 Å². The van der Waals surface area contributed by atoms with E-state index in [1.165, 1.54) is 12.8 Å². The Labute approximate surface area is 90.8 Å². The Kier molecular flexibility index (Phi) is 3.29. The van der Waals surface area contributed by atoms with E-state index in [2.05, 4.69) is 0 Å². The van der Waals surface area contributed by atoms with E-state index < -0.39 is 5.97 Å². The van der Waals surface area contributed by atoms with Gasteiger partial charge in [0, 0.05) is 13.2 Å². The van der Waals surface area contributed by atoms with Gasteiger partial charge in [-0.2, -0.15) is 0 Å². The molecule has 2 aliphatic rings. The highest BCUT2D eigenvalue weighted by Gasteiger charge is 2.43. The van der Waals surface area contributed by atoms with E-state index in [0.29, 0.717) is 12.3 Å². The zero-order chi connectivity index (χ0) is 10.7. The molecular formula is C12H20O3. The number of hydrogen-bond donors (Lipinski definition) is 1. The molecule has 1 heterocycles. The van der Waals surface area contributed by atoms with Crippen molar-refractivity contribution in [2.75, 3.05) is 13.2 Å². The topological polar surface area (TPSA) is 46.5 Å². The van der Waals surface area contributed by atoms with Gasteiger partial charge in [-0.1, -0.05) is 12.8 Å². The first-order chi connectivity index (χ1) is 7.23. The highest BCUT2D eigenvalue weighted by atomic mass is 16.5. The Balaban J connectivity index is 2.06. The first-order valence-electron chi connectivity index (χ1n) is 6.02.